The van der Waals surface area contributed by atoms with Crippen LogP contribution >= 0.6 is 0 Å². The average Bonchev–Trinajstić information content (AvgIpc) is 2.22. The van der Waals surface area contributed by atoms with Crippen LogP contribution in [0.25, 0.3) is 0 Å². The zero-order valence-electron chi connectivity index (χ0n) is 15.5. The topological polar surface area (TPSA) is 350 Å². The van der Waals surface area contributed by atoms with Gasteiger partial charge in [-0.05, 0) is 0 Å². The number of carbonyl (C=O) groups excluding carboxylic acids is 2. The van der Waals surface area contributed by atoms with Gasteiger partial charge in [-0.1, -0.05) is 0 Å². The molecule has 0 fully saturated rings. The molecular formula is C10H26N2Na2O14. The minimum atomic E-state index is -1.51. The summed E-state index contributed by atoms with van der Waals surface area (Å²) in [6.45, 7) is -2.75. The predicted octanol–water partition coefficient (Wildman–Crippen LogP) is -15.7. The molecule has 0 bridgehead atoms. The summed E-state index contributed by atoms with van der Waals surface area (Å²) in [6, 6.07) is 0. The van der Waals surface area contributed by atoms with Crippen LogP contribution in [0, 0.1) is 0 Å². The minimum Gasteiger partial charge on any atom is -0.549 e. The summed E-state index contributed by atoms with van der Waals surface area (Å²) in [4.78, 5) is 43.9. The Morgan fingerprint density at radius 3 is 0.964 bits per heavy atom. The monoisotopic (exact) mass is 444 g/mol. The van der Waals surface area contributed by atoms with Gasteiger partial charge in [-0.2, -0.15) is 0 Å². The van der Waals surface area contributed by atoms with Crippen molar-refractivity contribution in [2.75, 3.05) is 39.3 Å². The van der Waals surface area contributed by atoms with E-state index in [1.807, 2.05) is 0 Å². The molecule has 0 rings (SSSR count). The van der Waals surface area contributed by atoms with Crippen molar-refractivity contribution in [2.45, 2.75) is 0 Å². The van der Waals surface area contributed by atoms with Gasteiger partial charge in [0.1, 0.15) is 0 Å². The number of rotatable bonds is 11. The van der Waals surface area contributed by atoms with Gasteiger partial charge in [-0.25, -0.2) is 0 Å². The number of aliphatic carboxylic acids is 4. The first-order valence-electron chi connectivity index (χ1n) is 5.48. The Labute approximate surface area is 203 Å². The number of hydrogen-bond acceptors (Lipinski definition) is 8. The Bertz CT molecular complexity index is 332. The third-order valence-electron chi connectivity index (χ3n) is 2.16. The molecule has 0 radical (unpaired) electrons. The average molecular weight is 444 g/mol. The van der Waals surface area contributed by atoms with Gasteiger partial charge < -0.3 is 62.9 Å². The van der Waals surface area contributed by atoms with Crippen molar-refractivity contribution >= 4 is 23.9 Å². The van der Waals surface area contributed by atoms with Crippen molar-refractivity contribution < 1.29 is 132 Å². The molecule has 0 saturated carbocycles. The molecule has 0 aromatic heterocycles. The van der Waals surface area contributed by atoms with E-state index in [1.165, 1.54) is 0 Å². The smallest absolute Gasteiger partial charge is 0.549 e. The summed E-state index contributed by atoms with van der Waals surface area (Å²) in [7, 11) is 0. The Kier molecular flexibility index (Phi) is 63.0. The van der Waals surface area contributed by atoms with E-state index >= 15 is 0 Å². The molecule has 14 N–H and O–H groups in total. The number of carbonyl (C=O) groups is 4. The zero-order valence-corrected chi connectivity index (χ0v) is 19.5. The Morgan fingerprint density at radius 2 is 0.786 bits per heavy atom. The molecule has 0 unspecified atom stereocenters. The van der Waals surface area contributed by atoms with Crippen molar-refractivity contribution in [1.82, 2.24) is 9.80 Å². The maximum atomic E-state index is 10.5. The van der Waals surface area contributed by atoms with Crippen LogP contribution < -0.4 is 69.3 Å². The largest absolute Gasteiger partial charge is 1.00 e. The fourth-order valence-corrected chi connectivity index (χ4v) is 1.46. The molecule has 0 aromatic rings. The van der Waals surface area contributed by atoms with Crippen molar-refractivity contribution in [3.63, 3.8) is 0 Å². The summed E-state index contributed by atoms with van der Waals surface area (Å²) < 4.78 is 0. The predicted molar refractivity (Wildman–Crippen MR) is 79.8 cm³/mol. The molecule has 0 saturated heterocycles. The van der Waals surface area contributed by atoms with Gasteiger partial charge in [-0.15, -0.1) is 0 Å². The van der Waals surface area contributed by atoms with Crippen LogP contribution in [-0.2, 0) is 19.2 Å². The molecule has 0 aromatic carbocycles. The Balaban J connectivity index is -0.0000000645. The Hall–Kier alpha value is -0.440. The van der Waals surface area contributed by atoms with Gasteiger partial charge in [-0.3, -0.25) is 19.4 Å². The third-order valence-corrected chi connectivity index (χ3v) is 2.16. The molecule has 162 valence electrons. The van der Waals surface area contributed by atoms with E-state index < -0.39 is 50.1 Å². The van der Waals surface area contributed by atoms with Gasteiger partial charge in [0, 0.05) is 26.2 Å². The first-order valence-corrected chi connectivity index (χ1v) is 5.48. The fraction of sp³-hybridized carbons (Fsp3) is 0.600. The van der Waals surface area contributed by atoms with Gasteiger partial charge in [0.05, 0.1) is 25.0 Å². The van der Waals surface area contributed by atoms with E-state index in [1.54, 1.807) is 0 Å². The van der Waals surface area contributed by atoms with Crippen LogP contribution in [0.4, 0.5) is 0 Å². The Morgan fingerprint density at radius 1 is 0.571 bits per heavy atom. The normalized spacial score (nSPS) is 7.64. The van der Waals surface area contributed by atoms with Crippen molar-refractivity contribution in [3.05, 3.63) is 0 Å². The van der Waals surface area contributed by atoms with Gasteiger partial charge in [0.15, 0.2) is 0 Å². The third kappa shape index (κ3) is 36.5. The molecule has 16 nitrogen and oxygen atoms in total. The van der Waals surface area contributed by atoms with E-state index in [4.69, 9.17) is 10.2 Å². The summed E-state index contributed by atoms with van der Waals surface area (Å²) in [5.41, 5.74) is 0. The van der Waals surface area contributed by atoms with Crippen LogP contribution in [0.15, 0.2) is 0 Å². The maximum absolute atomic E-state index is 10.5. The molecule has 0 heterocycles. The molecular weight excluding hydrogens is 418 g/mol. The second-order valence-electron chi connectivity index (χ2n) is 3.95. The molecule has 0 spiro atoms. The molecule has 0 atom stereocenters. The van der Waals surface area contributed by atoms with E-state index in [0.717, 1.165) is 9.80 Å². The van der Waals surface area contributed by atoms with E-state index in [0.29, 0.717) is 0 Å². The van der Waals surface area contributed by atoms with Crippen LogP contribution in [0.2, 0.25) is 0 Å². The molecule has 18 heteroatoms. The summed E-state index contributed by atoms with van der Waals surface area (Å²) in [5.74, 6) is -5.52. The number of carboxylic acid groups (broad SMARTS) is 4. The summed E-state index contributed by atoms with van der Waals surface area (Å²) >= 11 is 0. The van der Waals surface area contributed by atoms with Gasteiger partial charge in [0.2, 0.25) is 0 Å². The minimum absolute atomic E-state index is 0. The maximum Gasteiger partial charge on any atom is 1.00 e. The van der Waals surface area contributed by atoms with Crippen LogP contribution in [0.5, 0.6) is 0 Å². The van der Waals surface area contributed by atoms with E-state index in [9.17, 15) is 29.4 Å². The first kappa shape index (κ1) is 56.4. The quantitative estimate of drug-likeness (QED) is 0.283. The second kappa shape index (κ2) is 31.3. The van der Waals surface area contributed by atoms with Crippen molar-refractivity contribution in [3.8, 4) is 0 Å². The number of nitrogens with zero attached hydrogens (tertiary/aromatic N) is 2. The van der Waals surface area contributed by atoms with Crippen LogP contribution in [0.3, 0.4) is 0 Å². The van der Waals surface area contributed by atoms with Crippen molar-refractivity contribution in [2.24, 2.45) is 0 Å². The molecule has 0 aliphatic carbocycles. The SMILES string of the molecule is O.O.O.O.O.O.O=C([O-])CN(CCN(CC(=O)O)CC(=O)O)CC(=O)[O-].[Na+].[Na+]. The van der Waals surface area contributed by atoms with Crippen LogP contribution in [0.1, 0.15) is 0 Å². The van der Waals surface area contributed by atoms with Gasteiger partial charge >= 0.3 is 71.1 Å². The molecule has 0 amide bonds. The fourth-order valence-electron chi connectivity index (χ4n) is 1.46. The second-order valence-corrected chi connectivity index (χ2v) is 3.95. The van der Waals surface area contributed by atoms with E-state index in [-0.39, 0.29) is 105 Å². The number of hydrogen-bond donors (Lipinski definition) is 2. The summed E-state index contributed by atoms with van der Waals surface area (Å²) in [6.07, 6.45) is 0. The first-order chi connectivity index (χ1) is 9.20. The van der Waals surface area contributed by atoms with E-state index in [2.05, 4.69) is 0 Å². The van der Waals surface area contributed by atoms with Crippen LogP contribution in [-0.4, -0.2) is 116 Å². The molecule has 0 aliphatic rings. The van der Waals surface area contributed by atoms with Crippen molar-refractivity contribution in [1.29, 1.82) is 0 Å². The van der Waals surface area contributed by atoms with Gasteiger partial charge in [0.25, 0.3) is 0 Å². The molecule has 28 heavy (non-hydrogen) atoms. The number of carboxylic acids is 4. The zero-order chi connectivity index (χ0) is 15.7. The molecule has 0 aliphatic heterocycles. The standard InChI is InChI=1S/C10H16N2O8.2Na.6H2O/c13-7(14)3-11(4-8(15)16)1-2-12(5-9(17)18)6-10(19)20;;;;;;;;/h1-6H2,(H,13,14)(H,15,16)(H,17,18)(H,19,20);;;6*1H2/q;2*+1;;;;;;/p-2. The summed E-state index contributed by atoms with van der Waals surface area (Å²) in [5, 5.41) is 38.0.